The molecule has 1 amide bonds. The summed E-state index contributed by atoms with van der Waals surface area (Å²) in [5.41, 5.74) is 2.18. The molecule has 4 nitrogen and oxygen atoms in total. The summed E-state index contributed by atoms with van der Waals surface area (Å²) >= 11 is 0. The second kappa shape index (κ2) is 9.20. The molecule has 2 heterocycles. The second-order valence-electron chi connectivity index (χ2n) is 8.68. The summed E-state index contributed by atoms with van der Waals surface area (Å²) in [4.78, 5) is 17.7. The van der Waals surface area contributed by atoms with Gasteiger partial charge in [0, 0.05) is 30.7 Å². The van der Waals surface area contributed by atoms with Crippen molar-refractivity contribution in [2.75, 3.05) is 32.7 Å². The van der Waals surface area contributed by atoms with E-state index < -0.39 is 0 Å². The number of amides is 1. The van der Waals surface area contributed by atoms with E-state index in [4.69, 9.17) is 0 Å². The highest BCUT2D eigenvalue weighted by molar-refractivity contribution is 5.94. The normalized spacial score (nSPS) is 24.1. The number of benzene rings is 1. The summed E-state index contributed by atoms with van der Waals surface area (Å²) in [7, 11) is 0. The molecule has 1 aromatic rings. The van der Waals surface area contributed by atoms with Crippen LogP contribution in [0.4, 0.5) is 0 Å². The van der Waals surface area contributed by atoms with Gasteiger partial charge in [-0.05, 0) is 82.3 Å². The fraction of sp³-hybridized carbons (Fsp3) is 0.696. The van der Waals surface area contributed by atoms with Crippen LogP contribution in [0.15, 0.2) is 24.3 Å². The first-order valence-electron chi connectivity index (χ1n) is 11.2. The van der Waals surface area contributed by atoms with E-state index in [1.807, 2.05) is 12.1 Å². The van der Waals surface area contributed by atoms with Crippen LogP contribution in [0.2, 0.25) is 0 Å². The number of likely N-dealkylation sites (tertiary alicyclic amines) is 2. The fourth-order valence-corrected chi connectivity index (χ4v) is 5.09. The first kappa shape index (κ1) is 18.9. The zero-order valence-electron chi connectivity index (χ0n) is 16.7. The van der Waals surface area contributed by atoms with E-state index in [1.54, 1.807) is 0 Å². The van der Waals surface area contributed by atoms with Gasteiger partial charge < -0.3 is 15.1 Å². The zero-order valence-corrected chi connectivity index (χ0v) is 16.7. The monoisotopic (exact) mass is 369 g/mol. The van der Waals surface area contributed by atoms with Crippen molar-refractivity contribution >= 4 is 5.91 Å². The van der Waals surface area contributed by atoms with Gasteiger partial charge in [-0.1, -0.05) is 25.0 Å². The number of hydrogen-bond donors (Lipinski definition) is 1. The first-order valence-corrected chi connectivity index (χ1v) is 11.2. The van der Waals surface area contributed by atoms with Gasteiger partial charge in [-0.25, -0.2) is 0 Å². The second-order valence-corrected chi connectivity index (χ2v) is 8.68. The molecule has 3 aliphatic rings. The molecule has 4 rings (SSSR count). The van der Waals surface area contributed by atoms with Gasteiger partial charge in [0.15, 0.2) is 0 Å². The lowest BCUT2D eigenvalue weighted by molar-refractivity contribution is 0.0709. The molecule has 0 radical (unpaired) electrons. The van der Waals surface area contributed by atoms with Gasteiger partial charge in [-0.2, -0.15) is 0 Å². The highest BCUT2D eigenvalue weighted by Crippen LogP contribution is 2.23. The molecule has 27 heavy (non-hydrogen) atoms. The molecule has 0 spiro atoms. The molecule has 1 N–H and O–H groups in total. The third-order valence-corrected chi connectivity index (χ3v) is 6.71. The highest BCUT2D eigenvalue weighted by Gasteiger charge is 2.31. The minimum Gasteiger partial charge on any atom is -0.334 e. The maximum Gasteiger partial charge on any atom is 0.254 e. The number of nitrogens with one attached hydrogen (secondary N) is 1. The summed E-state index contributed by atoms with van der Waals surface area (Å²) in [6.07, 6.45) is 11.4. The Bertz CT molecular complexity index is 603. The van der Waals surface area contributed by atoms with Crippen molar-refractivity contribution in [3.63, 3.8) is 0 Å². The van der Waals surface area contributed by atoms with Crippen molar-refractivity contribution in [1.29, 1.82) is 0 Å². The Kier molecular flexibility index (Phi) is 6.46. The SMILES string of the molecule is O=C(c1ccc(CCNC2CCCC2)cc1)N1CCCC1CN1CCCC1. The maximum atomic E-state index is 13.0. The van der Waals surface area contributed by atoms with Crippen molar-refractivity contribution in [3.8, 4) is 0 Å². The smallest absolute Gasteiger partial charge is 0.254 e. The Morgan fingerprint density at radius 3 is 2.41 bits per heavy atom. The number of nitrogens with zero attached hydrogens (tertiary/aromatic N) is 2. The van der Waals surface area contributed by atoms with Crippen molar-refractivity contribution in [2.45, 2.75) is 69.9 Å². The van der Waals surface area contributed by atoms with Crippen LogP contribution in [-0.4, -0.2) is 60.5 Å². The van der Waals surface area contributed by atoms with Gasteiger partial charge in [0.1, 0.15) is 0 Å². The van der Waals surface area contributed by atoms with Crippen LogP contribution in [0.25, 0.3) is 0 Å². The summed E-state index contributed by atoms with van der Waals surface area (Å²) in [6, 6.07) is 9.51. The first-order chi connectivity index (χ1) is 13.3. The molecule has 0 aromatic heterocycles. The van der Waals surface area contributed by atoms with Crippen LogP contribution in [0.1, 0.15) is 67.3 Å². The minimum atomic E-state index is 0.229. The summed E-state index contributed by atoms with van der Waals surface area (Å²) in [5.74, 6) is 0.229. The molecule has 0 bridgehead atoms. The standard InChI is InChI=1S/C23H35N3O/c27-23(26-17-5-8-22(26)18-25-15-3-4-16-25)20-11-9-19(10-12-20)13-14-24-21-6-1-2-7-21/h9-12,21-22,24H,1-8,13-18H2. The van der Waals surface area contributed by atoms with Crippen molar-refractivity contribution in [1.82, 2.24) is 15.1 Å². The van der Waals surface area contributed by atoms with Crippen LogP contribution in [-0.2, 0) is 6.42 Å². The number of hydrogen-bond acceptors (Lipinski definition) is 3. The molecule has 3 fully saturated rings. The van der Waals surface area contributed by atoms with Crippen molar-refractivity contribution in [2.24, 2.45) is 0 Å². The molecule has 1 aliphatic carbocycles. The average Bonchev–Trinajstić information content (AvgIpc) is 3.45. The molecule has 4 heteroatoms. The topological polar surface area (TPSA) is 35.6 Å². The van der Waals surface area contributed by atoms with E-state index in [1.165, 1.54) is 57.2 Å². The van der Waals surface area contributed by atoms with Crippen LogP contribution in [0, 0.1) is 0 Å². The lowest BCUT2D eigenvalue weighted by atomic mass is 10.1. The fourth-order valence-electron chi connectivity index (χ4n) is 5.09. The van der Waals surface area contributed by atoms with Crippen molar-refractivity contribution < 1.29 is 4.79 Å². The quantitative estimate of drug-likeness (QED) is 0.799. The van der Waals surface area contributed by atoms with E-state index in [0.717, 1.165) is 50.5 Å². The van der Waals surface area contributed by atoms with Crippen molar-refractivity contribution in [3.05, 3.63) is 35.4 Å². The Morgan fingerprint density at radius 2 is 1.67 bits per heavy atom. The largest absolute Gasteiger partial charge is 0.334 e. The molecule has 2 saturated heterocycles. The highest BCUT2D eigenvalue weighted by atomic mass is 16.2. The van der Waals surface area contributed by atoms with Crippen LogP contribution in [0.3, 0.4) is 0 Å². The van der Waals surface area contributed by atoms with Gasteiger partial charge in [0.2, 0.25) is 0 Å². The summed E-state index contributed by atoms with van der Waals surface area (Å²) < 4.78 is 0. The Balaban J connectivity index is 1.28. The number of rotatable bonds is 7. The predicted octanol–water partition coefficient (Wildman–Crippen LogP) is 3.46. The van der Waals surface area contributed by atoms with Crippen LogP contribution >= 0.6 is 0 Å². The van der Waals surface area contributed by atoms with E-state index in [-0.39, 0.29) is 5.91 Å². The van der Waals surface area contributed by atoms with E-state index >= 15 is 0 Å². The Labute approximate surface area is 164 Å². The van der Waals surface area contributed by atoms with Crippen LogP contribution in [0.5, 0.6) is 0 Å². The lowest BCUT2D eigenvalue weighted by Gasteiger charge is -2.28. The Morgan fingerprint density at radius 1 is 0.926 bits per heavy atom. The number of carbonyl (C=O) groups is 1. The molecule has 148 valence electrons. The van der Waals surface area contributed by atoms with Gasteiger partial charge in [0.05, 0.1) is 0 Å². The van der Waals surface area contributed by atoms with Gasteiger partial charge >= 0.3 is 0 Å². The molecule has 1 atom stereocenters. The van der Waals surface area contributed by atoms with Gasteiger partial charge in [0.25, 0.3) is 5.91 Å². The zero-order chi connectivity index (χ0) is 18.5. The lowest BCUT2D eigenvalue weighted by Crippen LogP contribution is -2.42. The molecule has 1 saturated carbocycles. The van der Waals surface area contributed by atoms with E-state index in [9.17, 15) is 4.79 Å². The third-order valence-electron chi connectivity index (χ3n) is 6.71. The minimum absolute atomic E-state index is 0.229. The maximum absolute atomic E-state index is 13.0. The average molecular weight is 370 g/mol. The Hall–Kier alpha value is -1.39. The molecular formula is C23H35N3O. The predicted molar refractivity (Wildman–Crippen MR) is 110 cm³/mol. The molecule has 1 aromatic carbocycles. The van der Waals surface area contributed by atoms with E-state index in [2.05, 4.69) is 27.2 Å². The van der Waals surface area contributed by atoms with Crippen LogP contribution < -0.4 is 5.32 Å². The molecular weight excluding hydrogens is 334 g/mol. The third kappa shape index (κ3) is 4.91. The molecule has 1 unspecified atom stereocenters. The summed E-state index contributed by atoms with van der Waals surface area (Å²) in [5, 5.41) is 3.67. The van der Waals surface area contributed by atoms with Gasteiger partial charge in [-0.15, -0.1) is 0 Å². The molecule has 2 aliphatic heterocycles. The van der Waals surface area contributed by atoms with Gasteiger partial charge in [-0.3, -0.25) is 4.79 Å². The van der Waals surface area contributed by atoms with E-state index in [0.29, 0.717) is 6.04 Å². The summed E-state index contributed by atoms with van der Waals surface area (Å²) in [6.45, 7) is 5.45. The number of carbonyl (C=O) groups excluding carboxylic acids is 1.